The van der Waals surface area contributed by atoms with Crippen LogP contribution < -0.4 is 10.6 Å². The number of benzene rings is 6. The summed E-state index contributed by atoms with van der Waals surface area (Å²) in [6.45, 7) is 1.20. The average molecular weight is 961 g/mol. The molecule has 0 radical (unpaired) electrons. The number of thiazole rings is 2. The first-order chi connectivity index (χ1) is 34.3. The fourth-order valence-corrected chi connectivity index (χ4v) is 11.7. The van der Waals surface area contributed by atoms with Gasteiger partial charge in [0.25, 0.3) is 0 Å². The van der Waals surface area contributed by atoms with E-state index >= 15 is 0 Å². The third kappa shape index (κ3) is 10.5. The van der Waals surface area contributed by atoms with Crippen LogP contribution in [0.5, 0.6) is 0 Å². The van der Waals surface area contributed by atoms with E-state index in [-0.39, 0.29) is 48.6 Å². The van der Waals surface area contributed by atoms with Crippen molar-refractivity contribution < 1.29 is 19.2 Å². The Balaban J connectivity index is 0.787. The lowest BCUT2D eigenvalue weighted by Crippen LogP contribution is -2.43. The molecular formula is C58H52N6O4S2. The summed E-state index contributed by atoms with van der Waals surface area (Å²) in [5.41, 5.74) is 7.57. The van der Waals surface area contributed by atoms with Gasteiger partial charge in [0, 0.05) is 25.5 Å². The Morgan fingerprint density at radius 2 is 0.814 bits per heavy atom. The second-order valence-corrected chi connectivity index (χ2v) is 19.9. The molecule has 2 aliphatic heterocycles. The maximum atomic E-state index is 14.3. The molecule has 2 fully saturated rings. The summed E-state index contributed by atoms with van der Waals surface area (Å²) < 4.78 is 0. The van der Waals surface area contributed by atoms with Gasteiger partial charge in [0.2, 0.25) is 23.6 Å². The number of carbonyl (C=O) groups is 4. The molecule has 0 aliphatic carbocycles. The Morgan fingerprint density at radius 3 is 1.19 bits per heavy atom. The molecule has 4 heterocycles. The number of amides is 4. The first kappa shape index (κ1) is 46.2. The smallest absolute Gasteiger partial charge is 0.250 e. The highest BCUT2D eigenvalue weighted by molar-refractivity contribution is 7.15. The van der Waals surface area contributed by atoms with Crippen LogP contribution in [-0.4, -0.2) is 56.5 Å². The van der Waals surface area contributed by atoms with Gasteiger partial charge in [0.15, 0.2) is 0 Å². The number of nitrogens with one attached hydrogen (secondary N) is 2. The van der Waals surface area contributed by atoms with Crippen molar-refractivity contribution in [2.45, 2.75) is 62.7 Å². The van der Waals surface area contributed by atoms with Gasteiger partial charge in [-0.2, -0.15) is 0 Å². The second-order valence-electron chi connectivity index (χ2n) is 17.8. The van der Waals surface area contributed by atoms with Gasteiger partial charge in [-0.15, -0.1) is 22.7 Å². The van der Waals surface area contributed by atoms with Gasteiger partial charge >= 0.3 is 0 Å². The summed E-state index contributed by atoms with van der Waals surface area (Å²) in [6.07, 6.45) is 7.51. The third-order valence-electron chi connectivity index (χ3n) is 13.1. The summed E-state index contributed by atoms with van der Waals surface area (Å²) in [4.78, 5) is 70.8. The van der Waals surface area contributed by atoms with E-state index in [0.717, 1.165) is 90.0 Å². The lowest BCUT2D eigenvalue weighted by molar-refractivity contribution is -0.137. The minimum Gasteiger partial charge on any atom is -0.340 e. The van der Waals surface area contributed by atoms with Crippen molar-refractivity contribution in [3.63, 3.8) is 0 Å². The number of nitrogens with zero attached hydrogens (tertiary/aromatic N) is 4. The maximum Gasteiger partial charge on any atom is 0.250 e. The van der Waals surface area contributed by atoms with E-state index in [9.17, 15) is 19.2 Å². The van der Waals surface area contributed by atoms with Gasteiger partial charge in [0.05, 0.1) is 34.7 Å². The fourth-order valence-electron chi connectivity index (χ4n) is 9.56. The zero-order chi connectivity index (χ0) is 47.8. The molecule has 0 saturated carbocycles. The minimum atomic E-state index is -0.800. The molecule has 2 saturated heterocycles. The van der Waals surface area contributed by atoms with Crippen LogP contribution in [-0.2, 0) is 32.0 Å². The van der Waals surface area contributed by atoms with E-state index in [2.05, 4.69) is 59.2 Å². The van der Waals surface area contributed by atoms with E-state index in [1.165, 1.54) is 0 Å². The number of hydrogen-bond donors (Lipinski definition) is 2. The Morgan fingerprint density at radius 1 is 0.471 bits per heavy atom. The predicted molar refractivity (Wildman–Crippen MR) is 276 cm³/mol. The summed E-state index contributed by atoms with van der Waals surface area (Å²) >= 11 is 3.22. The van der Waals surface area contributed by atoms with E-state index in [0.29, 0.717) is 13.1 Å². The molecule has 8 aromatic rings. The van der Waals surface area contributed by atoms with Gasteiger partial charge < -0.3 is 20.4 Å². The number of hydrogen-bond acceptors (Lipinski definition) is 8. The second kappa shape index (κ2) is 21.4. The van der Waals surface area contributed by atoms with Crippen LogP contribution in [0, 0.1) is 0 Å². The highest BCUT2D eigenvalue weighted by Crippen LogP contribution is 2.41. The molecule has 70 heavy (non-hydrogen) atoms. The lowest BCUT2D eigenvalue weighted by atomic mass is 10.0. The van der Waals surface area contributed by atoms with Crippen molar-refractivity contribution >= 4 is 46.3 Å². The van der Waals surface area contributed by atoms with Crippen LogP contribution in [0.1, 0.15) is 82.1 Å². The van der Waals surface area contributed by atoms with Crippen molar-refractivity contribution in [1.82, 2.24) is 30.4 Å². The molecule has 4 atom stereocenters. The van der Waals surface area contributed by atoms with Crippen LogP contribution in [0.2, 0.25) is 0 Å². The number of likely N-dealkylation sites (tertiary alicyclic amines) is 2. The van der Waals surface area contributed by atoms with Gasteiger partial charge in [-0.05, 0) is 70.2 Å². The van der Waals surface area contributed by atoms with E-state index in [4.69, 9.17) is 9.97 Å². The van der Waals surface area contributed by atoms with Crippen LogP contribution in [0.15, 0.2) is 182 Å². The first-order valence-corrected chi connectivity index (χ1v) is 25.5. The topological polar surface area (TPSA) is 125 Å². The van der Waals surface area contributed by atoms with E-state index in [1.807, 2.05) is 144 Å². The largest absolute Gasteiger partial charge is 0.340 e. The summed E-state index contributed by atoms with van der Waals surface area (Å²) in [7, 11) is 0. The van der Waals surface area contributed by atoms with E-state index < -0.39 is 12.1 Å². The molecule has 0 unspecified atom stereocenters. The number of rotatable bonds is 15. The van der Waals surface area contributed by atoms with Crippen LogP contribution in [0.25, 0.3) is 32.0 Å². The Hall–Kier alpha value is -7.54. The molecule has 2 aromatic heterocycles. The van der Waals surface area contributed by atoms with Gasteiger partial charge in [-0.1, -0.05) is 170 Å². The van der Waals surface area contributed by atoms with Crippen molar-refractivity contribution in [3.8, 4) is 32.0 Å². The Bertz CT molecular complexity index is 2850. The number of carbonyl (C=O) groups excluding carboxylic acids is 4. The molecular weight excluding hydrogens is 909 g/mol. The summed E-state index contributed by atoms with van der Waals surface area (Å²) in [5.74, 6) is -0.649. The van der Waals surface area contributed by atoms with Gasteiger partial charge in [0.1, 0.15) is 22.1 Å². The van der Waals surface area contributed by atoms with Crippen LogP contribution in [0.4, 0.5) is 0 Å². The van der Waals surface area contributed by atoms with Crippen molar-refractivity contribution in [3.05, 3.63) is 215 Å². The van der Waals surface area contributed by atoms with Crippen molar-refractivity contribution in [2.75, 3.05) is 13.1 Å². The summed E-state index contributed by atoms with van der Waals surface area (Å²) in [6, 6.07) is 53.1. The highest BCUT2D eigenvalue weighted by Gasteiger charge is 2.38. The van der Waals surface area contributed by atoms with Crippen molar-refractivity contribution in [2.24, 2.45) is 0 Å². The molecule has 350 valence electrons. The molecule has 4 amide bonds. The molecule has 0 bridgehead atoms. The van der Waals surface area contributed by atoms with Gasteiger partial charge in [-0.25, -0.2) is 9.97 Å². The molecule has 2 aliphatic rings. The van der Waals surface area contributed by atoms with Crippen LogP contribution >= 0.6 is 22.7 Å². The van der Waals surface area contributed by atoms with E-state index in [1.54, 1.807) is 22.7 Å². The third-order valence-corrected chi connectivity index (χ3v) is 15.4. The van der Waals surface area contributed by atoms with Crippen molar-refractivity contribution in [1.29, 1.82) is 0 Å². The zero-order valence-corrected chi connectivity index (χ0v) is 40.2. The minimum absolute atomic E-state index is 0.124. The Kier molecular flexibility index (Phi) is 14.1. The normalized spacial score (nSPS) is 16.4. The molecule has 12 heteroatoms. The SMILES string of the molecule is O=C(Cc1ccccc1)N[C@@H](C(=O)N1CCC[C@H]1c1ncc(-c2ccc(-c3ccc(-c4cnc([C@@H]5CCCN5C(=O)[C@H](NC(=O)Cc5ccccc5)c5ccccc5)s4)cc3)cc2)s1)c1ccccc1. The molecule has 2 N–H and O–H groups in total. The maximum absolute atomic E-state index is 14.3. The highest BCUT2D eigenvalue weighted by atomic mass is 32.1. The molecule has 10 nitrogen and oxygen atoms in total. The molecule has 6 aromatic carbocycles. The number of aromatic nitrogens is 2. The first-order valence-electron chi connectivity index (χ1n) is 23.8. The lowest BCUT2D eigenvalue weighted by Gasteiger charge is -2.28. The molecule has 10 rings (SSSR count). The van der Waals surface area contributed by atoms with Crippen LogP contribution in [0.3, 0.4) is 0 Å². The quantitative estimate of drug-likeness (QED) is 0.105. The Labute approximate surface area is 416 Å². The van der Waals surface area contributed by atoms with Gasteiger partial charge in [-0.3, -0.25) is 19.2 Å². The molecule has 0 spiro atoms. The predicted octanol–water partition coefficient (Wildman–Crippen LogP) is 11.1. The monoisotopic (exact) mass is 960 g/mol. The summed E-state index contributed by atoms with van der Waals surface area (Å²) in [5, 5.41) is 7.89. The standard InChI is InChI=1S/C58H52N6O4S2/c65-51(35-39-15-5-1-6-16-39)61-53(45-19-9-3-10-20-45)57(67)63-33-13-23-47(63)55-59-37-49(69-55)43-29-25-41(26-30-43)42-27-31-44(32-28-42)50-38-60-56(70-50)48-24-14-34-64(48)58(68)54(46-21-11-4-12-22-46)62-52(66)36-40-17-7-2-8-18-40/h1-12,15-22,25-32,37-38,47-48,53-54H,13-14,23-24,33-36H2,(H,61,65)(H,62,66)/t47-,48-,53+,54+/m0/s1. The fraction of sp³-hybridized carbons (Fsp3) is 0.207. The average Bonchev–Trinajstić information content (AvgIpc) is 4.27. The zero-order valence-electron chi connectivity index (χ0n) is 38.5.